The van der Waals surface area contributed by atoms with Gasteiger partial charge in [0.25, 0.3) is 0 Å². The molecule has 6 nitrogen and oxygen atoms in total. The fourth-order valence-corrected chi connectivity index (χ4v) is 2.11. The molecule has 0 aliphatic heterocycles. The largest absolute Gasteiger partial charge is 0.497 e. The summed E-state index contributed by atoms with van der Waals surface area (Å²) in [6, 6.07) is 9.75. The van der Waals surface area contributed by atoms with E-state index in [0.717, 1.165) is 29.8 Å². The highest BCUT2D eigenvalue weighted by Crippen LogP contribution is 2.24. The van der Waals surface area contributed by atoms with Crippen LogP contribution in [-0.4, -0.2) is 30.9 Å². The van der Waals surface area contributed by atoms with Gasteiger partial charge in [0.2, 0.25) is 0 Å². The van der Waals surface area contributed by atoms with Crippen molar-refractivity contribution in [1.82, 2.24) is 15.8 Å². The molecule has 0 unspecified atom stereocenters. The second-order valence-corrected chi connectivity index (χ2v) is 5.34. The maximum atomic E-state index is 11.5. The third kappa shape index (κ3) is 3.78. The van der Waals surface area contributed by atoms with Crippen molar-refractivity contribution in [3.63, 3.8) is 0 Å². The lowest BCUT2D eigenvalue weighted by Crippen LogP contribution is -2.37. The van der Waals surface area contributed by atoms with Crippen LogP contribution in [0.2, 0.25) is 0 Å². The molecule has 2 amide bonds. The number of hydrogen-bond acceptors (Lipinski definition) is 4. The SMILES string of the molecule is COc1cccc(-c2cc(CCNC(=O)NC3CC3)no2)c1. The standard InChI is InChI=1S/C16H19N3O3/c1-21-14-4-2-3-11(9-14)15-10-13(19-22-15)7-8-17-16(20)18-12-5-6-12/h2-4,9-10,12H,5-8H2,1H3,(H2,17,18,20). The summed E-state index contributed by atoms with van der Waals surface area (Å²) in [4.78, 5) is 11.5. The van der Waals surface area contributed by atoms with Crippen LogP contribution < -0.4 is 15.4 Å². The van der Waals surface area contributed by atoms with E-state index in [1.54, 1.807) is 7.11 Å². The predicted octanol–water partition coefficient (Wildman–Crippen LogP) is 2.35. The number of rotatable bonds is 6. The Balaban J connectivity index is 1.53. The van der Waals surface area contributed by atoms with Gasteiger partial charge in [0.05, 0.1) is 12.8 Å². The maximum Gasteiger partial charge on any atom is 0.315 e. The number of nitrogens with zero attached hydrogens (tertiary/aromatic N) is 1. The molecular weight excluding hydrogens is 282 g/mol. The molecule has 0 atom stereocenters. The van der Waals surface area contributed by atoms with Crippen molar-refractivity contribution in [2.75, 3.05) is 13.7 Å². The Bertz CT molecular complexity index is 650. The monoisotopic (exact) mass is 301 g/mol. The molecule has 2 aromatic rings. The van der Waals surface area contributed by atoms with E-state index in [4.69, 9.17) is 9.26 Å². The number of amides is 2. The van der Waals surface area contributed by atoms with E-state index in [2.05, 4.69) is 15.8 Å². The van der Waals surface area contributed by atoms with E-state index >= 15 is 0 Å². The number of urea groups is 1. The zero-order valence-electron chi connectivity index (χ0n) is 12.5. The molecule has 2 N–H and O–H groups in total. The second-order valence-electron chi connectivity index (χ2n) is 5.34. The normalized spacial score (nSPS) is 13.7. The van der Waals surface area contributed by atoms with Crippen LogP contribution in [-0.2, 0) is 6.42 Å². The van der Waals surface area contributed by atoms with Gasteiger partial charge >= 0.3 is 6.03 Å². The van der Waals surface area contributed by atoms with E-state index in [1.165, 1.54) is 0 Å². The Morgan fingerprint density at radius 1 is 1.41 bits per heavy atom. The Morgan fingerprint density at radius 2 is 2.27 bits per heavy atom. The lowest BCUT2D eigenvalue weighted by molar-refractivity contribution is 0.240. The first kappa shape index (κ1) is 14.4. The smallest absolute Gasteiger partial charge is 0.315 e. The van der Waals surface area contributed by atoms with E-state index < -0.39 is 0 Å². The summed E-state index contributed by atoms with van der Waals surface area (Å²) < 4.78 is 10.5. The summed E-state index contributed by atoms with van der Waals surface area (Å²) in [7, 11) is 1.63. The third-order valence-corrected chi connectivity index (χ3v) is 3.49. The molecule has 1 saturated carbocycles. The van der Waals surface area contributed by atoms with Crippen LogP contribution in [0, 0.1) is 0 Å². The number of carbonyl (C=O) groups excluding carboxylic acids is 1. The first-order valence-electron chi connectivity index (χ1n) is 7.39. The minimum absolute atomic E-state index is 0.112. The van der Waals surface area contributed by atoms with Crippen LogP contribution in [0.3, 0.4) is 0 Å². The summed E-state index contributed by atoms with van der Waals surface area (Å²) >= 11 is 0. The molecule has 1 aliphatic rings. The zero-order chi connectivity index (χ0) is 15.4. The summed E-state index contributed by atoms with van der Waals surface area (Å²) in [6.07, 6.45) is 2.80. The number of ether oxygens (including phenoxy) is 1. The predicted molar refractivity (Wildman–Crippen MR) is 81.8 cm³/mol. The quantitative estimate of drug-likeness (QED) is 0.858. The molecule has 1 aliphatic carbocycles. The molecule has 1 aromatic heterocycles. The molecule has 1 fully saturated rings. The van der Waals surface area contributed by atoms with Gasteiger partial charge in [-0.05, 0) is 25.0 Å². The highest BCUT2D eigenvalue weighted by molar-refractivity contribution is 5.74. The van der Waals surface area contributed by atoms with Gasteiger partial charge in [-0.3, -0.25) is 0 Å². The lowest BCUT2D eigenvalue weighted by atomic mass is 10.1. The highest BCUT2D eigenvalue weighted by atomic mass is 16.5. The van der Waals surface area contributed by atoms with E-state index in [9.17, 15) is 4.79 Å². The number of methoxy groups -OCH3 is 1. The van der Waals surface area contributed by atoms with Crippen LogP contribution in [0.15, 0.2) is 34.9 Å². The molecule has 6 heteroatoms. The van der Waals surface area contributed by atoms with Crippen molar-refractivity contribution >= 4 is 6.03 Å². The van der Waals surface area contributed by atoms with Gasteiger partial charge in [-0.1, -0.05) is 17.3 Å². The molecule has 116 valence electrons. The molecule has 0 saturated heterocycles. The van der Waals surface area contributed by atoms with E-state index in [1.807, 2.05) is 30.3 Å². The van der Waals surface area contributed by atoms with Gasteiger partial charge < -0.3 is 19.9 Å². The van der Waals surface area contributed by atoms with E-state index in [0.29, 0.717) is 24.8 Å². The number of benzene rings is 1. The van der Waals surface area contributed by atoms with Crippen molar-refractivity contribution in [2.24, 2.45) is 0 Å². The number of hydrogen-bond donors (Lipinski definition) is 2. The summed E-state index contributed by atoms with van der Waals surface area (Å²) in [5.41, 5.74) is 1.72. The highest BCUT2D eigenvalue weighted by Gasteiger charge is 2.22. The van der Waals surface area contributed by atoms with Crippen LogP contribution in [0.5, 0.6) is 5.75 Å². The first-order valence-corrected chi connectivity index (χ1v) is 7.39. The van der Waals surface area contributed by atoms with Gasteiger partial charge in [0, 0.05) is 30.6 Å². The van der Waals surface area contributed by atoms with Gasteiger partial charge in [-0.25, -0.2) is 4.79 Å². The zero-order valence-corrected chi connectivity index (χ0v) is 12.5. The summed E-state index contributed by atoms with van der Waals surface area (Å²) in [6.45, 7) is 0.530. The Hall–Kier alpha value is -2.50. The maximum absolute atomic E-state index is 11.5. The Kier molecular flexibility index (Phi) is 4.27. The van der Waals surface area contributed by atoms with E-state index in [-0.39, 0.29) is 6.03 Å². The number of carbonyl (C=O) groups is 1. The van der Waals surface area contributed by atoms with Gasteiger partial charge in [0.1, 0.15) is 5.75 Å². The van der Waals surface area contributed by atoms with Crippen molar-refractivity contribution in [3.05, 3.63) is 36.0 Å². The average Bonchev–Trinajstić information content (AvgIpc) is 3.22. The Morgan fingerprint density at radius 3 is 3.05 bits per heavy atom. The van der Waals surface area contributed by atoms with Crippen LogP contribution in [0.4, 0.5) is 4.79 Å². The minimum Gasteiger partial charge on any atom is -0.497 e. The molecule has 22 heavy (non-hydrogen) atoms. The third-order valence-electron chi connectivity index (χ3n) is 3.49. The molecular formula is C16H19N3O3. The second kappa shape index (κ2) is 6.51. The van der Waals surface area contributed by atoms with Crippen LogP contribution in [0.25, 0.3) is 11.3 Å². The van der Waals surface area contributed by atoms with Crippen molar-refractivity contribution in [1.29, 1.82) is 0 Å². The first-order chi connectivity index (χ1) is 10.7. The van der Waals surface area contributed by atoms with Crippen molar-refractivity contribution < 1.29 is 14.1 Å². The molecule has 0 spiro atoms. The fraction of sp³-hybridized carbons (Fsp3) is 0.375. The molecule has 1 aromatic carbocycles. The topological polar surface area (TPSA) is 76.4 Å². The average molecular weight is 301 g/mol. The van der Waals surface area contributed by atoms with Gasteiger partial charge in [-0.15, -0.1) is 0 Å². The lowest BCUT2D eigenvalue weighted by Gasteiger charge is -2.04. The molecule has 3 rings (SSSR count). The summed E-state index contributed by atoms with van der Waals surface area (Å²) in [5.74, 6) is 1.46. The molecule has 1 heterocycles. The minimum atomic E-state index is -0.112. The Labute approximate surface area is 128 Å². The van der Waals surface area contributed by atoms with Gasteiger partial charge in [0.15, 0.2) is 5.76 Å². The summed E-state index contributed by atoms with van der Waals surface area (Å²) in [5, 5.41) is 9.72. The fourth-order valence-electron chi connectivity index (χ4n) is 2.11. The molecule has 0 bridgehead atoms. The van der Waals surface area contributed by atoms with Crippen molar-refractivity contribution in [2.45, 2.75) is 25.3 Å². The van der Waals surface area contributed by atoms with Crippen molar-refractivity contribution in [3.8, 4) is 17.1 Å². The molecule has 0 radical (unpaired) electrons. The van der Waals surface area contributed by atoms with Crippen LogP contribution in [0.1, 0.15) is 18.5 Å². The van der Waals surface area contributed by atoms with Crippen LogP contribution >= 0.6 is 0 Å². The number of aromatic nitrogens is 1. The number of nitrogens with one attached hydrogen (secondary N) is 2. The van der Waals surface area contributed by atoms with Gasteiger partial charge in [-0.2, -0.15) is 0 Å².